The fraction of sp³-hybridized carbons (Fsp3) is 0.846. The van der Waals surface area contributed by atoms with Crippen molar-refractivity contribution in [3.63, 3.8) is 0 Å². The van der Waals surface area contributed by atoms with Crippen LogP contribution in [0.4, 0.5) is 0 Å². The molecule has 0 radical (unpaired) electrons. The normalized spacial score (nSPS) is 12.8. The first-order valence-corrected chi connectivity index (χ1v) is 8.85. The summed E-state index contributed by atoms with van der Waals surface area (Å²) in [5.74, 6) is 0. The van der Waals surface area contributed by atoms with Crippen molar-refractivity contribution >= 4 is 8.80 Å². The van der Waals surface area contributed by atoms with E-state index in [0.29, 0.717) is 19.8 Å². The Balaban J connectivity index is 4.20. The lowest BCUT2D eigenvalue weighted by Gasteiger charge is -2.28. The van der Waals surface area contributed by atoms with Crippen LogP contribution in [0.2, 0.25) is 6.04 Å². The van der Waals surface area contributed by atoms with Crippen molar-refractivity contribution in [3.05, 3.63) is 11.8 Å². The second-order valence-electron chi connectivity index (χ2n) is 3.98. The van der Waals surface area contributed by atoms with Crippen LogP contribution < -0.4 is 5.32 Å². The summed E-state index contributed by atoms with van der Waals surface area (Å²) >= 11 is 0. The molecule has 0 aromatic rings. The van der Waals surface area contributed by atoms with E-state index in [2.05, 4.69) is 18.3 Å². The lowest BCUT2D eigenvalue weighted by molar-refractivity contribution is 0.0709. The Morgan fingerprint density at radius 3 is 1.94 bits per heavy atom. The Bertz CT molecular complexity index is 217. The first-order valence-electron chi connectivity index (χ1n) is 6.92. The van der Waals surface area contributed by atoms with Crippen molar-refractivity contribution in [1.82, 2.24) is 5.32 Å². The van der Waals surface area contributed by atoms with Crippen molar-refractivity contribution in [2.75, 3.05) is 26.4 Å². The molecule has 108 valence electrons. The molecule has 0 atom stereocenters. The topological polar surface area (TPSA) is 39.7 Å². The van der Waals surface area contributed by atoms with Gasteiger partial charge in [0.15, 0.2) is 0 Å². The van der Waals surface area contributed by atoms with E-state index in [4.69, 9.17) is 13.3 Å². The molecule has 0 rings (SSSR count). The molecule has 0 aromatic carbocycles. The van der Waals surface area contributed by atoms with Crippen molar-refractivity contribution in [2.45, 2.75) is 47.1 Å². The maximum absolute atomic E-state index is 5.80. The summed E-state index contributed by atoms with van der Waals surface area (Å²) < 4.78 is 17.4. The first kappa shape index (κ1) is 17.6. The van der Waals surface area contributed by atoms with Crippen LogP contribution in [-0.4, -0.2) is 35.2 Å². The van der Waals surface area contributed by atoms with Gasteiger partial charge in [0.05, 0.1) is 0 Å². The number of hydrogen-bond acceptors (Lipinski definition) is 4. The summed E-state index contributed by atoms with van der Waals surface area (Å²) in [6.45, 7) is 12.9. The largest absolute Gasteiger partial charge is 0.500 e. The van der Waals surface area contributed by atoms with Gasteiger partial charge < -0.3 is 18.6 Å². The van der Waals surface area contributed by atoms with Crippen molar-refractivity contribution in [3.8, 4) is 0 Å². The molecule has 1 N–H and O–H groups in total. The Morgan fingerprint density at radius 2 is 1.56 bits per heavy atom. The zero-order valence-corrected chi connectivity index (χ0v) is 13.5. The van der Waals surface area contributed by atoms with E-state index in [0.717, 1.165) is 19.0 Å². The maximum atomic E-state index is 5.80. The van der Waals surface area contributed by atoms with Gasteiger partial charge >= 0.3 is 8.80 Å². The summed E-state index contributed by atoms with van der Waals surface area (Å²) in [7, 11) is -2.44. The monoisotopic (exact) mass is 275 g/mol. The van der Waals surface area contributed by atoms with Crippen molar-refractivity contribution in [2.24, 2.45) is 0 Å². The minimum atomic E-state index is -2.44. The van der Waals surface area contributed by atoms with E-state index in [1.54, 1.807) is 0 Å². The third-order valence-electron chi connectivity index (χ3n) is 2.59. The molecule has 0 fully saturated rings. The highest BCUT2D eigenvalue weighted by molar-refractivity contribution is 6.60. The molecule has 0 spiro atoms. The highest BCUT2D eigenvalue weighted by Gasteiger charge is 2.39. The lowest BCUT2D eigenvalue weighted by atomic mass is 10.4. The standard InChI is InChI=1S/C13H29NO3Si/c1-6-13(5)14-11-10-12-18(15-7-2,16-8-3)17-9-4/h6,14H,7-12H2,1-5H3. The average molecular weight is 275 g/mol. The molecule has 4 nitrogen and oxygen atoms in total. The second-order valence-corrected chi connectivity index (χ2v) is 6.72. The number of hydrogen-bond donors (Lipinski definition) is 1. The van der Waals surface area contributed by atoms with Gasteiger partial charge in [-0.15, -0.1) is 0 Å². The molecule has 18 heavy (non-hydrogen) atoms. The molecule has 0 saturated carbocycles. The van der Waals surface area contributed by atoms with E-state index in [1.807, 2.05) is 27.7 Å². The predicted octanol–water partition coefficient (Wildman–Crippen LogP) is 2.94. The average Bonchev–Trinajstić information content (AvgIpc) is 2.35. The van der Waals surface area contributed by atoms with Crippen LogP contribution in [0.15, 0.2) is 11.8 Å². The maximum Gasteiger partial charge on any atom is 0.500 e. The van der Waals surface area contributed by atoms with Gasteiger partial charge in [0.2, 0.25) is 0 Å². The highest BCUT2D eigenvalue weighted by Crippen LogP contribution is 2.17. The van der Waals surface area contributed by atoms with E-state index >= 15 is 0 Å². The van der Waals surface area contributed by atoms with Gasteiger partial charge in [0.1, 0.15) is 0 Å². The summed E-state index contributed by atoms with van der Waals surface area (Å²) in [6, 6.07) is 0.868. The lowest BCUT2D eigenvalue weighted by Crippen LogP contribution is -2.46. The molecule has 0 bridgehead atoms. The van der Waals surface area contributed by atoms with Crippen LogP contribution >= 0.6 is 0 Å². The van der Waals surface area contributed by atoms with Crippen LogP contribution in [0.3, 0.4) is 0 Å². The van der Waals surface area contributed by atoms with E-state index in [9.17, 15) is 0 Å². The van der Waals surface area contributed by atoms with Gasteiger partial charge in [-0.3, -0.25) is 0 Å². The van der Waals surface area contributed by atoms with Gasteiger partial charge in [-0.05, 0) is 41.0 Å². The van der Waals surface area contributed by atoms with Gasteiger partial charge in [-0.25, -0.2) is 0 Å². The Kier molecular flexibility index (Phi) is 10.3. The SMILES string of the molecule is CC=C(C)NCCC[Si](OCC)(OCC)OCC. The molecule has 0 unspecified atom stereocenters. The van der Waals surface area contributed by atoms with Crippen molar-refractivity contribution in [1.29, 1.82) is 0 Å². The van der Waals surface area contributed by atoms with Crippen LogP contribution in [0.5, 0.6) is 0 Å². The fourth-order valence-electron chi connectivity index (χ4n) is 1.69. The van der Waals surface area contributed by atoms with Crippen LogP contribution in [0.25, 0.3) is 0 Å². The molecule has 0 saturated heterocycles. The molecule has 0 aliphatic rings. The summed E-state index contributed by atoms with van der Waals surface area (Å²) in [5.41, 5.74) is 1.20. The van der Waals surface area contributed by atoms with Gasteiger partial charge in [0, 0.05) is 38.1 Å². The zero-order valence-electron chi connectivity index (χ0n) is 12.5. The van der Waals surface area contributed by atoms with Gasteiger partial charge in [-0.2, -0.15) is 0 Å². The van der Waals surface area contributed by atoms with E-state index in [-0.39, 0.29) is 0 Å². The minimum absolute atomic E-state index is 0.646. The molecule has 0 aliphatic carbocycles. The quantitative estimate of drug-likeness (QED) is 0.465. The van der Waals surface area contributed by atoms with Crippen LogP contribution in [0.1, 0.15) is 41.0 Å². The van der Waals surface area contributed by atoms with Gasteiger partial charge in [-0.1, -0.05) is 6.08 Å². The number of rotatable bonds is 11. The number of allylic oxidation sites excluding steroid dienone is 2. The van der Waals surface area contributed by atoms with E-state index in [1.165, 1.54) is 5.70 Å². The Morgan fingerprint density at radius 1 is 1.06 bits per heavy atom. The van der Waals surface area contributed by atoms with Crippen LogP contribution in [0, 0.1) is 0 Å². The summed E-state index contributed by atoms with van der Waals surface area (Å²) in [5, 5.41) is 3.35. The molecule has 5 heteroatoms. The fourth-order valence-corrected chi connectivity index (χ4v) is 4.31. The Labute approximate surface area is 113 Å². The molecule has 0 heterocycles. The summed E-state index contributed by atoms with van der Waals surface area (Å²) in [4.78, 5) is 0. The third-order valence-corrected chi connectivity index (χ3v) is 5.74. The predicted molar refractivity (Wildman–Crippen MR) is 77.5 cm³/mol. The Hall–Kier alpha value is -0.363. The molecule has 0 amide bonds. The summed E-state index contributed by atoms with van der Waals surface area (Å²) in [6.07, 6.45) is 3.07. The molecular weight excluding hydrogens is 246 g/mol. The first-order chi connectivity index (χ1) is 8.64. The molecular formula is C13H29NO3Si. The highest BCUT2D eigenvalue weighted by atomic mass is 28.4. The third kappa shape index (κ3) is 7.16. The minimum Gasteiger partial charge on any atom is -0.389 e. The van der Waals surface area contributed by atoms with E-state index < -0.39 is 8.80 Å². The van der Waals surface area contributed by atoms with Crippen LogP contribution in [-0.2, 0) is 13.3 Å². The molecule has 0 aromatic heterocycles. The smallest absolute Gasteiger partial charge is 0.389 e. The molecule has 0 aliphatic heterocycles. The van der Waals surface area contributed by atoms with Crippen molar-refractivity contribution < 1.29 is 13.3 Å². The number of nitrogens with one attached hydrogen (secondary N) is 1. The second kappa shape index (κ2) is 10.5. The van der Waals surface area contributed by atoms with Gasteiger partial charge in [0.25, 0.3) is 0 Å². The zero-order chi connectivity index (χ0) is 13.9.